The fraction of sp³-hybridized carbons (Fsp3) is 0.241. The normalized spacial score (nSPS) is 11.0. The van der Waals surface area contributed by atoms with Crippen molar-refractivity contribution in [2.24, 2.45) is 7.05 Å². The zero-order valence-corrected chi connectivity index (χ0v) is 22.4. The van der Waals surface area contributed by atoms with Crippen LogP contribution in [-0.4, -0.2) is 43.4 Å². The highest BCUT2D eigenvalue weighted by molar-refractivity contribution is 7.16. The van der Waals surface area contributed by atoms with Crippen LogP contribution in [0.4, 0.5) is 14.6 Å². The molecule has 0 unspecified atom stereocenters. The van der Waals surface area contributed by atoms with Crippen LogP contribution in [0, 0.1) is 23.5 Å². The van der Waals surface area contributed by atoms with Gasteiger partial charge in [-0.3, -0.25) is 9.48 Å². The van der Waals surface area contributed by atoms with Crippen LogP contribution in [0.1, 0.15) is 19.8 Å². The number of carbonyl (C=O) groups excluding carboxylic acids is 1. The second-order valence-electron chi connectivity index (χ2n) is 8.98. The summed E-state index contributed by atoms with van der Waals surface area (Å²) in [5, 5.41) is 12.3. The summed E-state index contributed by atoms with van der Waals surface area (Å²) < 4.78 is 30.3. The number of halogens is 2. The number of aromatic nitrogens is 5. The van der Waals surface area contributed by atoms with Gasteiger partial charge >= 0.3 is 0 Å². The van der Waals surface area contributed by atoms with Crippen molar-refractivity contribution in [1.82, 2.24) is 24.5 Å². The third-order valence-electron chi connectivity index (χ3n) is 6.12. The Balaban J connectivity index is 1.32. The molecule has 7 nitrogen and oxygen atoms in total. The van der Waals surface area contributed by atoms with Crippen LogP contribution in [0.15, 0.2) is 60.0 Å². The minimum Gasteiger partial charge on any atom is -0.354 e. The molecule has 5 rings (SSSR count). The van der Waals surface area contributed by atoms with Gasteiger partial charge in [-0.05, 0) is 72.3 Å². The molecule has 0 saturated carbocycles. The van der Waals surface area contributed by atoms with E-state index in [2.05, 4.69) is 50.3 Å². The Bertz CT molecular complexity index is 1660. The monoisotopic (exact) mass is 544 g/mol. The molecule has 0 N–H and O–H groups in total. The Morgan fingerprint density at radius 2 is 1.67 bits per heavy atom. The van der Waals surface area contributed by atoms with E-state index in [1.807, 2.05) is 11.7 Å². The second kappa shape index (κ2) is 11.6. The Morgan fingerprint density at radius 3 is 2.36 bits per heavy atom. The number of anilines is 1. The third kappa shape index (κ3) is 5.89. The zero-order valence-electron chi connectivity index (χ0n) is 21.6. The molecule has 0 atom stereocenters. The fourth-order valence-corrected chi connectivity index (χ4v) is 5.12. The van der Waals surface area contributed by atoms with Gasteiger partial charge in [-0.2, -0.15) is 5.10 Å². The maximum absolute atomic E-state index is 13.5. The van der Waals surface area contributed by atoms with E-state index in [1.54, 1.807) is 35.6 Å². The molecule has 0 radical (unpaired) electrons. The van der Waals surface area contributed by atoms with E-state index in [-0.39, 0.29) is 24.0 Å². The van der Waals surface area contributed by atoms with E-state index in [9.17, 15) is 13.6 Å². The Hall–Kier alpha value is -4.36. The van der Waals surface area contributed by atoms with E-state index in [4.69, 9.17) is 0 Å². The van der Waals surface area contributed by atoms with Gasteiger partial charge in [0.1, 0.15) is 23.0 Å². The molecule has 3 aromatic heterocycles. The average molecular weight is 545 g/mol. The standard InChI is InChI=1S/C29H26F2N6OS/c1-3-16-36(28-25-15-18-39-29(25)35(2)34-28)17-5-4-6-24(38)19-37-27(21-9-13-23(31)14-10-21)32-26(33-37)20-7-11-22(30)12-8-20/h7-15,18H,3,5,16-17,19H2,1-2H3. The molecule has 0 aliphatic carbocycles. The Labute approximate surface area is 228 Å². The average Bonchev–Trinajstić information content (AvgIpc) is 3.64. The molecule has 10 heteroatoms. The molecule has 2 aromatic carbocycles. The second-order valence-corrected chi connectivity index (χ2v) is 9.87. The SMILES string of the molecule is CCCN(CCC#CC(=O)Cn1nc(-c2ccc(F)cc2)nc1-c1ccc(F)cc1)c1nn(C)c2sccc12. The van der Waals surface area contributed by atoms with Gasteiger partial charge in [0.15, 0.2) is 17.5 Å². The molecule has 3 heterocycles. The van der Waals surface area contributed by atoms with Crippen molar-refractivity contribution in [3.63, 3.8) is 0 Å². The molecule has 0 aliphatic rings. The van der Waals surface area contributed by atoms with Crippen molar-refractivity contribution in [3.8, 4) is 34.6 Å². The molecule has 0 amide bonds. The minimum atomic E-state index is -0.381. The first-order valence-corrected chi connectivity index (χ1v) is 13.4. The van der Waals surface area contributed by atoms with Gasteiger partial charge in [0, 0.05) is 37.7 Å². The quantitative estimate of drug-likeness (QED) is 0.175. The molecular weight excluding hydrogens is 518 g/mol. The Morgan fingerprint density at radius 1 is 0.974 bits per heavy atom. The summed E-state index contributed by atoms with van der Waals surface area (Å²) in [5.74, 6) is 6.31. The molecule has 0 fully saturated rings. The molecule has 39 heavy (non-hydrogen) atoms. The number of Topliss-reactive ketones (excluding diaryl/α,β-unsaturated/α-hetero) is 1. The lowest BCUT2D eigenvalue weighted by atomic mass is 10.2. The summed E-state index contributed by atoms with van der Waals surface area (Å²) in [7, 11) is 1.94. The van der Waals surface area contributed by atoms with E-state index in [0.717, 1.165) is 29.0 Å². The number of hydrogen-bond donors (Lipinski definition) is 0. The molecule has 0 saturated heterocycles. The number of benzene rings is 2. The fourth-order valence-electron chi connectivity index (χ4n) is 4.30. The number of fused-ring (bicyclic) bond motifs is 1. The highest BCUT2D eigenvalue weighted by Gasteiger charge is 2.17. The molecule has 0 aliphatic heterocycles. The number of ketones is 1. The van der Waals surface area contributed by atoms with Crippen LogP contribution in [0.2, 0.25) is 0 Å². The van der Waals surface area contributed by atoms with Gasteiger partial charge in [-0.15, -0.1) is 16.4 Å². The van der Waals surface area contributed by atoms with Crippen LogP contribution in [0.25, 0.3) is 33.0 Å². The number of rotatable bonds is 9. The smallest absolute Gasteiger partial charge is 0.226 e. The molecule has 5 aromatic rings. The lowest BCUT2D eigenvalue weighted by Crippen LogP contribution is -2.25. The topological polar surface area (TPSA) is 68.8 Å². The lowest BCUT2D eigenvalue weighted by Gasteiger charge is -2.20. The highest BCUT2D eigenvalue weighted by Crippen LogP contribution is 2.30. The minimum absolute atomic E-state index is 0.123. The first-order chi connectivity index (χ1) is 18.9. The van der Waals surface area contributed by atoms with Gasteiger partial charge < -0.3 is 4.90 Å². The first kappa shape index (κ1) is 26.3. The number of aryl methyl sites for hydroxylation is 1. The number of thiophene rings is 1. The summed E-state index contributed by atoms with van der Waals surface area (Å²) in [6, 6.07) is 13.6. The Kier molecular flexibility index (Phi) is 7.79. The zero-order chi connectivity index (χ0) is 27.4. The van der Waals surface area contributed by atoms with Gasteiger partial charge in [-0.25, -0.2) is 18.4 Å². The lowest BCUT2D eigenvalue weighted by molar-refractivity contribution is -0.114. The number of nitrogens with zero attached hydrogens (tertiary/aromatic N) is 6. The predicted molar refractivity (Wildman–Crippen MR) is 149 cm³/mol. The van der Waals surface area contributed by atoms with Crippen LogP contribution >= 0.6 is 11.3 Å². The number of hydrogen-bond acceptors (Lipinski definition) is 6. The third-order valence-corrected chi connectivity index (χ3v) is 7.10. The molecular formula is C29H26F2N6OS. The summed E-state index contributed by atoms with van der Waals surface area (Å²) in [5.41, 5.74) is 1.20. The van der Waals surface area contributed by atoms with Crippen molar-refractivity contribution < 1.29 is 13.6 Å². The largest absolute Gasteiger partial charge is 0.354 e. The van der Waals surface area contributed by atoms with Gasteiger partial charge in [0.2, 0.25) is 5.78 Å². The summed E-state index contributed by atoms with van der Waals surface area (Å²) in [6.45, 7) is 3.48. The van der Waals surface area contributed by atoms with Crippen LogP contribution in [0.3, 0.4) is 0 Å². The van der Waals surface area contributed by atoms with Gasteiger partial charge in [-0.1, -0.05) is 12.8 Å². The molecule has 0 spiro atoms. The van der Waals surface area contributed by atoms with Crippen molar-refractivity contribution in [3.05, 3.63) is 71.6 Å². The van der Waals surface area contributed by atoms with E-state index in [1.165, 1.54) is 28.9 Å². The first-order valence-electron chi connectivity index (χ1n) is 12.6. The summed E-state index contributed by atoms with van der Waals surface area (Å²) in [4.78, 5) is 20.7. The van der Waals surface area contributed by atoms with Crippen LogP contribution in [0.5, 0.6) is 0 Å². The highest BCUT2D eigenvalue weighted by atomic mass is 32.1. The molecule has 198 valence electrons. The van der Waals surface area contributed by atoms with Crippen molar-refractivity contribution in [1.29, 1.82) is 0 Å². The van der Waals surface area contributed by atoms with Crippen LogP contribution < -0.4 is 4.90 Å². The van der Waals surface area contributed by atoms with E-state index >= 15 is 0 Å². The molecule has 0 bridgehead atoms. The maximum atomic E-state index is 13.5. The van der Waals surface area contributed by atoms with E-state index in [0.29, 0.717) is 35.7 Å². The van der Waals surface area contributed by atoms with Crippen LogP contribution in [-0.2, 0) is 18.4 Å². The summed E-state index contributed by atoms with van der Waals surface area (Å²) in [6.07, 6.45) is 1.46. The van der Waals surface area contributed by atoms with Crippen molar-refractivity contribution >= 4 is 33.2 Å². The summed E-state index contributed by atoms with van der Waals surface area (Å²) >= 11 is 1.66. The van der Waals surface area contributed by atoms with E-state index < -0.39 is 0 Å². The predicted octanol–water partition coefficient (Wildman–Crippen LogP) is 5.72. The maximum Gasteiger partial charge on any atom is 0.226 e. The van der Waals surface area contributed by atoms with Gasteiger partial charge in [0.25, 0.3) is 0 Å². The van der Waals surface area contributed by atoms with Crippen molar-refractivity contribution in [2.75, 3.05) is 18.0 Å². The number of carbonyl (C=O) groups is 1. The van der Waals surface area contributed by atoms with Gasteiger partial charge in [0.05, 0.1) is 5.39 Å². The van der Waals surface area contributed by atoms with Crippen molar-refractivity contribution in [2.45, 2.75) is 26.3 Å².